The van der Waals surface area contributed by atoms with Gasteiger partial charge in [-0.25, -0.2) is 0 Å². The molecule has 0 atom stereocenters. The van der Waals surface area contributed by atoms with Crippen LogP contribution in [0.15, 0.2) is 36.0 Å². The number of rotatable bonds is 3. The topological polar surface area (TPSA) is 59.1 Å². The maximum Gasteiger partial charge on any atom is 0.128 e. The van der Waals surface area contributed by atoms with Crippen LogP contribution in [0, 0.1) is 5.41 Å². The summed E-state index contributed by atoms with van der Waals surface area (Å²) in [6, 6.07) is 7.39. The molecule has 0 saturated heterocycles. The monoisotopic (exact) mass is 190 g/mol. The average molecular weight is 190 g/mol. The van der Waals surface area contributed by atoms with Crippen LogP contribution in [0.4, 0.5) is 0 Å². The van der Waals surface area contributed by atoms with E-state index in [0.717, 1.165) is 5.56 Å². The van der Waals surface area contributed by atoms with E-state index in [1.807, 2.05) is 24.3 Å². The Morgan fingerprint density at radius 2 is 2.07 bits per heavy atom. The molecule has 0 fully saturated rings. The Kier molecular flexibility index (Phi) is 3.29. The smallest absolute Gasteiger partial charge is 0.128 e. The van der Waals surface area contributed by atoms with Crippen molar-refractivity contribution in [3.8, 4) is 5.75 Å². The van der Waals surface area contributed by atoms with Gasteiger partial charge in [-0.3, -0.25) is 0 Å². The highest BCUT2D eigenvalue weighted by Gasteiger charge is 2.04. The van der Waals surface area contributed by atoms with E-state index in [0.29, 0.717) is 17.2 Å². The van der Waals surface area contributed by atoms with Crippen molar-refractivity contribution in [2.75, 3.05) is 7.11 Å². The van der Waals surface area contributed by atoms with Crippen LogP contribution in [0.5, 0.6) is 5.75 Å². The Bertz CT molecular complexity index is 365. The van der Waals surface area contributed by atoms with Crippen LogP contribution in [-0.4, -0.2) is 12.8 Å². The molecule has 0 saturated carbocycles. The van der Waals surface area contributed by atoms with E-state index in [9.17, 15) is 0 Å². The normalized spacial score (nSPS) is 11.1. The number of benzene rings is 1. The lowest BCUT2D eigenvalue weighted by atomic mass is 10.1. The molecule has 0 unspecified atom stereocenters. The van der Waals surface area contributed by atoms with Gasteiger partial charge < -0.3 is 15.9 Å². The lowest BCUT2D eigenvalue weighted by Crippen LogP contribution is -2.02. The number of ether oxygens (including phenoxy) is 1. The molecule has 1 rings (SSSR count). The summed E-state index contributed by atoms with van der Waals surface area (Å²) >= 11 is 0. The largest absolute Gasteiger partial charge is 0.496 e. The fourth-order valence-electron chi connectivity index (χ4n) is 1.17. The highest BCUT2D eigenvalue weighted by Crippen LogP contribution is 2.18. The fraction of sp³-hybridized carbons (Fsp3) is 0.182. The van der Waals surface area contributed by atoms with Gasteiger partial charge in [0, 0.05) is 11.3 Å². The molecule has 0 aliphatic rings. The number of hydrogen-bond acceptors (Lipinski definition) is 3. The van der Waals surface area contributed by atoms with E-state index >= 15 is 0 Å². The lowest BCUT2D eigenvalue weighted by Gasteiger charge is -2.06. The Morgan fingerprint density at radius 3 is 2.64 bits per heavy atom. The minimum absolute atomic E-state index is 0.363. The molecule has 0 aromatic heterocycles. The molecular weight excluding hydrogens is 176 g/mol. The number of allylic oxidation sites excluding steroid dienone is 2. The zero-order valence-corrected chi connectivity index (χ0v) is 8.37. The predicted octanol–water partition coefficient (Wildman–Crippen LogP) is 1.93. The molecule has 1 aromatic rings. The maximum atomic E-state index is 7.77. The van der Waals surface area contributed by atoms with Gasteiger partial charge in [-0.15, -0.1) is 0 Å². The van der Waals surface area contributed by atoms with Gasteiger partial charge in [-0.1, -0.05) is 12.1 Å². The summed E-state index contributed by atoms with van der Waals surface area (Å²) in [5.74, 6) is 0.690. The lowest BCUT2D eigenvalue weighted by molar-refractivity contribution is 0.414. The van der Waals surface area contributed by atoms with Crippen LogP contribution in [-0.2, 0) is 0 Å². The molecule has 0 radical (unpaired) electrons. The van der Waals surface area contributed by atoms with Crippen molar-refractivity contribution in [3.05, 3.63) is 41.6 Å². The van der Waals surface area contributed by atoms with E-state index in [-0.39, 0.29) is 0 Å². The van der Waals surface area contributed by atoms with Crippen LogP contribution < -0.4 is 10.5 Å². The van der Waals surface area contributed by atoms with E-state index in [2.05, 4.69) is 0 Å². The van der Waals surface area contributed by atoms with E-state index in [1.165, 1.54) is 0 Å². The quantitative estimate of drug-likeness (QED) is 0.715. The molecule has 3 heteroatoms. The summed E-state index contributed by atoms with van der Waals surface area (Å²) in [6.07, 6.45) is 1.61. The highest BCUT2D eigenvalue weighted by molar-refractivity contribution is 6.08. The first-order valence-electron chi connectivity index (χ1n) is 4.31. The van der Waals surface area contributed by atoms with Crippen molar-refractivity contribution >= 4 is 5.71 Å². The zero-order valence-electron chi connectivity index (χ0n) is 8.37. The average Bonchev–Trinajstić information content (AvgIpc) is 2.16. The number of nitrogens with two attached hydrogens (primary N) is 1. The van der Waals surface area contributed by atoms with Crippen molar-refractivity contribution in [2.45, 2.75) is 6.92 Å². The summed E-state index contributed by atoms with van der Waals surface area (Å²) in [7, 11) is 1.59. The van der Waals surface area contributed by atoms with Gasteiger partial charge in [0.05, 0.1) is 12.8 Å². The number of nitrogens with one attached hydrogen (secondary N) is 1. The van der Waals surface area contributed by atoms with Crippen LogP contribution >= 0.6 is 0 Å². The first-order chi connectivity index (χ1) is 6.65. The van der Waals surface area contributed by atoms with Crippen LogP contribution in [0.3, 0.4) is 0 Å². The molecule has 0 aliphatic carbocycles. The highest BCUT2D eigenvalue weighted by atomic mass is 16.5. The molecule has 3 nitrogen and oxygen atoms in total. The molecule has 0 aliphatic heterocycles. The molecule has 0 bridgehead atoms. The van der Waals surface area contributed by atoms with E-state index in [1.54, 1.807) is 20.1 Å². The summed E-state index contributed by atoms with van der Waals surface area (Å²) in [5, 5.41) is 7.77. The summed E-state index contributed by atoms with van der Waals surface area (Å²) in [6.45, 7) is 1.75. The van der Waals surface area contributed by atoms with Gasteiger partial charge in [0.25, 0.3) is 0 Å². The van der Waals surface area contributed by atoms with Crippen molar-refractivity contribution in [1.29, 1.82) is 5.41 Å². The van der Waals surface area contributed by atoms with Gasteiger partial charge in [-0.2, -0.15) is 0 Å². The van der Waals surface area contributed by atoms with Crippen LogP contribution in [0.2, 0.25) is 0 Å². The maximum absolute atomic E-state index is 7.77. The van der Waals surface area contributed by atoms with Crippen molar-refractivity contribution < 1.29 is 4.74 Å². The molecule has 3 N–H and O–H groups in total. The van der Waals surface area contributed by atoms with Gasteiger partial charge in [0.2, 0.25) is 0 Å². The third-order valence-corrected chi connectivity index (χ3v) is 1.77. The Labute approximate surface area is 83.7 Å². The molecule has 0 heterocycles. The first-order valence-corrected chi connectivity index (χ1v) is 4.31. The third kappa shape index (κ3) is 2.36. The van der Waals surface area contributed by atoms with Crippen molar-refractivity contribution in [2.24, 2.45) is 5.73 Å². The third-order valence-electron chi connectivity index (χ3n) is 1.77. The Hall–Kier alpha value is -1.77. The Morgan fingerprint density at radius 1 is 1.43 bits per heavy atom. The van der Waals surface area contributed by atoms with Gasteiger partial charge in [-0.05, 0) is 25.1 Å². The second-order valence-electron chi connectivity index (χ2n) is 3.00. The van der Waals surface area contributed by atoms with Gasteiger partial charge in [0.1, 0.15) is 5.75 Å². The van der Waals surface area contributed by atoms with Crippen molar-refractivity contribution in [1.82, 2.24) is 0 Å². The molecular formula is C11H14N2O. The summed E-state index contributed by atoms with van der Waals surface area (Å²) < 4.78 is 5.14. The predicted molar refractivity (Wildman–Crippen MR) is 57.8 cm³/mol. The van der Waals surface area contributed by atoms with Crippen molar-refractivity contribution in [3.63, 3.8) is 0 Å². The molecule has 74 valence electrons. The van der Waals surface area contributed by atoms with Crippen LogP contribution in [0.1, 0.15) is 12.5 Å². The number of hydrogen-bond donors (Lipinski definition) is 2. The summed E-state index contributed by atoms with van der Waals surface area (Å²) in [4.78, 5) is 0. The summed E-state index contributed by atoms with van der Waals surface area (Å²) in [5.41, 5.74) is 7.23. The minimum Gasteiger partial charge on any atom is -0.496 e. The molecule has 14 heavy (non-hydrogen) atoms. The van der Waals surface area contributed by atoms with E-state index in [4.69, 9.17) is 15.9 Å². The fourth-order valence-corrected chi connectivity index (χ4v) is 1.17. The number of para-hydroxylation sites is 1. The minimum atomic E-state index is 0.363. The van der Waals surface area contributed by atoms with Gasteiger partial charge >= 0.3 is 0 Å². The SMILES string of the molecule is COc1ccccc1C(=N)/C=C(\C)N. The molecule has 0 amide bonds. The zero-order chi connectivity index (χ0) is 10.6. The molecule has 0 spiro atoms. The standard InChI is InChI=1S/C11H14N2O/c1-8(12)7-10(13)9-5-3-4-6-11(9)14-2/h3-7,13H,12H2,1-2H3/b8-7+,13-10?. The van der Waals surface area contributed by atoms with Gasteiger partial charge in [0.15, 0.2) is 0 Å². The second kappa shape index (κ2) is 4.46. The number of methoxy groups -OCH3 is 1. The second-order valence-corrected chi connectivity index (χ2v) is 3.00. The first kappa shape index (κ1) is 10.3. The Balaban J connectivity index is 3.06. The molecule has 1 aromatic carbocycles. The van der Waals surface area contributed by atoms with Crippen LogP contribution in [0.25, 0.3) is 0 Å². The van der Waals surface area contributed by atoms with E-state index < -0.39 is 0 Å².